The number of unbranched alkanes of at least 4 members (excludes halogenated alkanes) is 1. The van der Waals surface area contributed by atoms with E-state index in [0.717, 1.165) is 29.5 Å². The molecule has 2 N–H and O–H groups in total. The van der Waals surface area contributed by atoms with E-state index in [2.05, 4.69) is 6.58 Å². The van der Waals surface area contributed by atoms with Gasteiger partial charge in [-0.05, 0) is 66.1 Å². The topological polar surface area (TPSA) is 93.1 Å². The van der Waals surface area contributed by atoms with Gasteiger partial charge in [0.05, 0.1) is 31.4 Å². The molecule has 1 unspecified atom stereocenters. The summed E-state index contributed by atoms with van der Waals surface area (Å²) in [5.41, 5.74) is 4.52. The molecule has 194 valence electrons. The van der Waals surface area contributed by atoms with Crippen molar-refractivity contribution in [3.63, 3.8) is 0 Å². The number of carbonyl (C=O) groups is 2. The van der Waals surface area contributed by atoms with Gasteiger partial charge < -0.3 is 19.7 Å². The van der Waals surface area contributed by atoms with Crippen molar-refractivity contribution in [1.29, 1.82) is 0 Å². The Hall–Kier alpha value is -3.81. The molecule has 0 radical (unpaired) electrons. The Morgan fingerprint density at radius 2 is 1.38 bits per heavy atom. The highest BCUT2D eigenvalue weighted by molar-refractivity contribution is 5.90. The van der Waals surface area contributed by atoms with Crippen molar-refractivity contribution in [1.82, 2.24) is 0 Å². The van der Waals surface area contributed by atoms with Gasteiger partial charge in [-0.3, -0.25) is 9.18 Å². The van der Waals surface area contributed by atoms with E-state index in [1.54, 1.807) is 12.1 Å². The average Bonchev–Trinajstić information content (AvgIpc) is 2.92. The van der Waals surface area contributed by atoms with E-state index >= 15 is 0 Å². The molecule has 0 spiro atoms. The Labute approximate surface area is 216 Å². The molecule has 0 bridgehead atoms. The number of aliphatic hydroxyl groups is 2. The zero-order chi connectivity index (χ0) is 26.8. The van der Waals surface area contributed by atoms with Gasteiger partial charge in [0.1, 0.15) is 11.5 Å². The fourth-order valence-electron chi connectivity index (χ4n) is 3.53. The highest BCUT2D eigenvalue weighted by Gasteiger charge is 2.17. The number of ether oxygens (including phenoxy) is 2. The lowest BCUT2D eigenvalue weighted by Gasteiger charge is -2.13. The Balaban J connectivity index is 1.86. The number of carbonyl (C=O) groups excluding carboxylic acids is 2. The highest BCUT2D eigenvalue weighted by atomic mass is 19.1. The molecule has 37 heavy (non-hydrogen) atoms. The van der Waals surface area contributed by atoms with Crippen molar-refractivity contribution >= 4 is 11.9 Å². The Bertz CT molecular complexity index is 1220. The summed E-state index contributed by atoms with van der Waals surface area (Å²) in [4.78, 5) is 24.4. The molecule has 3 aromatic rings. The fraction of sp³-hybridized carbons (Fsp3) is 0.267. The summed E-state index contributed by atoms with van der Waals surface area (Å²) in [6.07, 6.45) is 2.24. The lowest BCUT2D eigenvalue weighted by molar-refractivity contribution is -0.139. The number of alkyl halides is 1. The van der Waals surface area contributed by atoms with Gasteiger partial charge in [0.25, 0.3) is 0 Å². The second-order valence-electron chi connectivity index (χ2n) is 8.77. The molecule has 0 fully saturated rings. The molecule has 3 aromatic carbocycles. The van der Waals surface area contributed by atoms with Gasteiger partial charge in [-0.15, -0.1) is 0 Å². The molecular weight excluding hydrogens is 475 g/mol. The van der Waals surface area contributed by atoms with Crippen molar-refractivity contribution in [2.24, 2.45) is 5.92 Å². The Kier molecular flexibility index (Phi) is 10.1. The highest BCUT2D eigenvalue weighted by Crippen LogP contribution is 2.32. The molecule has 0 aliphatic heterocycles. The predicted molar refractivity (Wildman–Crippen MR) is 140 cm³/mol. The third-order valence-corrected chi connectivity index (χ3v) is 5.82. The van der Waals surface area contributed by atoms with E-state index in [1.807, 2.05) is 48.5 Å². The summed E-state index contributed by atoms with van der Waals surface area (Å²) in [5.74, 6) is -1.89. The minimum Gasteiger partial charge on any atom is -0.426 e. The van der Waals surface area contributed by atoms with E-state index < -0.39 is 24.5 Å². The standard InChI is InChI=1S/C30H31FO6/c1-20(18-32)29(34)36-27-15-26(16-28(17-27)37-30(35)21(2)19-33)25-12-10-24(11-13-25)23-8-6-22(7-9-23)5-3-4-14-31/h6-13,15-17,21,32-33H,1,3-5,14,18-19H2,2H3. The van der Waals surface area contributed by atoms with Crippen LogP contribution in [0.25, 0.3) is 22.3 Å². The number of hydrogen-bond acceptors (Lipinski definition) is 6. The quantitative estimate of drug-likeness (QED) is 0.150. The van der Waals surface area contributed by atoms with Crippen molar-refractivity contribution < 1.29 is 33.7 Å². The number of esters is 2. The molecule has 0 saturated heterocycles. The Morgan fingerprint density at radius 1 is 0.838 bits per heavy atom. The van der Waals surface area contributed by atoms with E-state index in [9.17, 15) is 19.1 Å². The summed E-state index contributed by atoms with van der Waals surface area (Å²) < 4.78 is 23.0. The lowest BCUT2D eigenvalue weighted by atomic mass is 9.98. The molecular formula is C30H31FO6. The van der Waals surface area contributed by atoms with Crippen molar-refractivity contribution in [2.75, 3.05) is 19.9 Å². The minimum absolute atomic E-state index is 0.115. The molecule has 1 atom stereocenters. The number of halogens is 1. The largest absolute Gasteiger partial charge is 0.426 e. The van der Waals surface area contributed by atoms with Gasteiger partial charge in [0.2, 0.25) is 0 Å². The van der Waals surface area contributed by atoms with Crippen molar-refractivity contribution in [3.8, 4) is 33.8 Å². The summed E-state index contributed by atoms with van der Waals surface area (Å²) in [6.45, 7) is 3.80. The molecule has 3 rings (SSSR count). The second kappa shape index (κ2) is 13.5. The van der Waals surface area contributed by atoms with Crippen LogP contribution in [-0.4, -0.2) is 42.0 Å². The fourth-order valence-corrected chi connectivity index (χ4v) is 3.53. The van der Waals surface area contributed by atoms with E-state index in [-0.39, 0.29) is 30.4 Å². The second-order valence-corrected chi connectivity index (χ2v) is 8.77. The lowest BCUT2D eigenvalue weighted by Crippen LogP contribution is -2.20. The summed E-state index contributed by atoms with van der Waals surface area (Å²) in [7, 11) is 0. The smallest absolute Gasteiger partial charge is 0.341 e. The van der Waals surface area contributed by atoms with Crippen LogP contribution in [-0.2, 0) is 16.0 Å². The molecule has 0 saturated carbocycles. The van der Waals surface area contributed by atoms with Crippen LogP contribution in [0.1, 0.15) is 25.3 Å². The first-order chi connectivity index (χ1) is 17.8. The van der Waals surface area contributed by atoms with Crippen LogP contribution in [0.4, 0.5) is 4.39 Å². The van der Waals surface area contributed by atoms with Crippen LogP contribution in [0.5, 0.6) is 11.5 Å². The average molecular weight is 507 g/mol. The molecule has 0 aromatic heterocycles. The van der Waals surface area contributed by atoms with E-state index in [0.29, 0.717) is 12.0 Å². The number of rotatable bonds is 12. The number of benzene rings is 3. The summed E-state index contributed by atoms with van der Waals surface area (Å²) >= 11 is 0. The number of hydrogen-bond donors (Lipinski definition) is 2. The third-order valence-electron chi connectivity index (χ3n) is 5.82. The maximum Gasteiger partial charge on any atom is 0.341 e. The van der Waals surface area contributed by atoms with Gasteiger partial charge in [0, 0.05) is 6.07 Å². The van der Waals surface area contributed by atoms with Crippen molar-refractivity contribution in [2.45, 2.75) is 26.2 Å². The minimum atomic E-state index is -0.802. The molecule has 0 aliphatic rings. The van der Waals surface area contributed by atoms with Gasteiger partial charge in [0.15, 0.2) is 0 Å². The van der Waals surface area contributed by atoms with Crippen LogP contribution >= 0.6 is 0 Å². The van der Waals surface area contributed by atoms with Gasteiger partial charge in [-0.25, -0.2) is 4.79 Å². The monoisotopic (exact) mass is 506 g/mol. The predicted octanol–water partition coefficient (Wildman–Crippen LogP) is 5.30. The van der Waals surface area contributed by atoms with Gasteiger partial charge in [-0.2, -0.15) is 0 Å². The first-order valence-electron chi connectivity index (χ1n) is 12.1. The van der Waals surface area contributed by atoms with E-state index in [1.165, 1.54) is 18.6 Å². The summed E-state index contributed by atoms with van der Waals surface area (Å²) in [6, 6.07) is 20.5. The Morgan fingerprint density at radius 3 is 1.92 bits per heavy atom. The van der Waals surface area contributed by atoms with E-state index in [4.69, 9.17) is 14.6 Å². The van der Waals surface area contributed by atoms with Gasteiger partial charge in [-0.1, -0.05) is 55.1 Å². The SMILES string of the molecule is C=C(CO)C(=O)Oc1cc(OC(=O)C(C)CO)cc(-c2ccc(-c3ccc(CCCCF)cc3)cc2)c1. The molecule has 6 nitrogen and oxygen atoms in total. The first-order valence-corrected chi connectivity index (χ1v) is 12.1. The molecule has 0 amide bonds. The number of aryl methyl sites for hydroxylation is 1. The normalized spacial score (nSPS) is 11.6. The zero-order valence-corrected chi connectivity index (χ0v) is 20.8. The van der Waals surface area contributed by atoms with Crippen LogP contribution in [0, 0.1) is 5.92 Å². The summed E-state index contributed by atoms with van der Waals surface area (Å²) in [5, 5.41) is 18.4. The maximum absolute atomic E-state index is 12.3. The van der Waals surface area contributed by atoms with Crippen LogP contribution in [0.2, 0.25) is 0 Å². The van der Waals surface area contributed by atoms with Crippen molar-refractivity contribution in [3.05, 3.63) is 84.4 Å². The zero-order valence-electron chi connectivity index (χ0n) is 20.8. The van der Waals surface area contributed by atoms with Gasteiger partial charge >= 0.3 is 11.9 Å². The molecule has 0 aliphatic carbocycles. The maximum atomic E-state index is 12.3. The third kappa shape index (κ3) is 7.84. The van der Waals surface area contributed by atoms with Crippen LogP contribution < -0.4 is 9.47 Å². The van der Waals surface area contributed by atoms with Crippen LogP contribution in [0.3, 0.4) is 0 Å². The molecule has 0 heterocycles. The first kappa shape index (κ1) is 27.8. The molecule has 7 heteroatoms. The number of aliphatic hydroxyl groups excluding tert-OH is 2. The van der Waals surface area contributed by atoms with Crippen LogP contribution in [0.15, 0.2) is 78.9 Å².